The predicted molar refractivity (Wildman–Crippen MR) is 49.4 cm³/mol. The molecule has 0 atom stereocenters. The molecule has 3 nitrogen and oxygen atoms in total. The molecule has 1 aromatic heterocycles. The summed E-state index contributed by atoms with van der Waals surface area (Å²) >= 11 is 1.44. The van der Waals surface area contributed by atoms with Crippen LogP contribution in [0.4, 0.5) is 0 Å². The number of hydrogen-bond donors (Lipinski definition) is 0. The highest BCUT2D eigenvalue weighted by molar-refractivity contribution is 7.12. The minimum atomic E-state index is -0.167. The first kappa shape index (κ1) is 8.67. The van der Waals surface area contributed by atoms with E-state index in [2.05, 4.69) is 11.1 Å². The second-order valence-electron chi connectivity index (χ2n) is 3.19. The molecule has 0 spiro atoms. The zero-order valence-corrected chi connectivity index (χ0v) is 8.23. The Morgan fingerprint density at radius 1 is 1.69 bits per heavy atom. The second-order valence-corrected chi connectivity index (χ2v) is 4.22. The first-order valence-corrected chi connectivity index (χ1v) is 5.04. The lowest BCUT2D eigenvalue weighted by Gasteiger charge is -2.38. The van der Waals surface area contributed by atoms with E-state index in [-0.39, 0.29) is 5.60 Å². The molecule has 0 bridgehead atoms. The van der Waals surface area contributed by atoms with E-state index in [1.54, 1.807) is 13.3 Å². The van der Waals surface area contributed by atoms with Crippen LogP contribution in [0.25, 0.3) is 0 Å². The van der Waals surface area contributed by atoms with Crippen LogP contribution in [-0.4, -0.2) is 12.1 Å². The maximum Gasteiger partial charge on any atom is 0.126 e. The summed E-state index contributed by atoms with van der Waals surface area (Å²) in [5.41, 5.74) is -0.167. The summed E-state index contributed by atoms with van der Waals surface area (Å²) in [7, 11) is 1.71. The molecule has 0 amide bonds. The topological polar surface area (TPSA) is 45.9 Å². The molecule has 1 aliphatic carbocycles. The smallest absolute Gasteiger partial charge is 0.126 e. The van der Waals surface area contributed by atoms with Gasteiger partial charge in [-0.3, -0.25) is 0 Å². The van der Waals surface area contributed by atoms with Crippen molar-refractivity contribution in [2.75, 3.05) is 7.11 Å². The van der Waals surface area contributed by atoms with Gasteiger partial charge in [-0.25, -0.2) is 4.98 Å². The van der Waals surface area contributed by atoms with Gasteiger partial charge in [-0.2, -0.15) is 5.26 Å². The van der Waals surface area contributed by atoms with Crippen molar-refractivity contribution in [3.05, 3.63) is 16.1 Å². The Labute approximate surface area is 81.0 Å². The van der Waals surface area contributed by atoms with Crippen molar-refractivity contribution in [2.24, 2.45) is 0 Å². The maximum absolute atomic E-state index is 8.66. The summed E-state index contributed by atoms with van der Waals surface area (Å²) in [5.74, 6) is 0. The Hall–Kier alpha value is -0.920. The Balaban J connectivity index is 2.29. The number of rotatable bonds is 2. The van der Waals surface area contributed by atoms with Crippen molar-refractivity contribution in [3.8, 4) is 6.07 Å². The zero-order chi connectivity index (χ0) is 9.31. The Morgan fingerprint density at radius 3 is 2.85 bits per heavy atom. The normalized spacial score (nSPS) is 19.1. The third-order valence-corrected chi connectivity index (χ3v) is 3.64. The van der Waals surface area contributed by atoms with Crippen molar-refractivity contribution < 1.29 is 4.74 Å². The first-order chi connectivity index (χ1) is 6.30. The Morgan fingerprint density at radius 2 is 2.46 bits per heavy atom. The lowest BCUT2D eigenvalue weighted by atomic mass is 9.80. The number of thiazole rings is 1. The molecule has 4 heteroatoms. The van der Waals surface area contributed by atoms with Crippen molar-refractivity contribution in [3.63, 3.8) is 0 Å². The van der Waals surface area contributed by atoms with Gasteiger partial charge in [0, 0.05) is 7.11 Å². The van der Waals surface area contributed by atoms with Gasteiger partial charge in [0.25, 0.3) is 0 Å². The molecule has 1 fully saturated rings. The van der Waals surface area contributed by atoms with Gasteiger partial charge >= 0.3 is 0 Å². The van der Waals surface area contributed by atoms with Crippen molar-refractivity contribution >= 4 is 11.3 Å². The molecular formula is C9H10N2OS. The number of nitriles is 1. The van der Waals surface area contributed by atoms with Crippen LogP contribution >= 0.6 is 11.3 Å². The van der Waals surface area contributed by atoms with Gasteiger partial charge in [-0.05, 0) is 19.3 Å². The van der Waals surface area contributed by atoms with Crippen LogP contribution < -0.4 is 0 Å². The summed E-state index contributed by atoms with van der Waals surface area (Å²) in [6, 6.07) is 2.09. The zero-order valence-electron chi connectivity index (χ0n) is 7.41. The third kappa shape index (κ3) is 1.25. The lowest BCUT2D eigenvalue weighted by molar-refractivity contribution is -0.0779. The highest BCUT2D eigenvalue weighted by Gasteiger charge is 2.41. The van der Waals surface area contributed by atoms with E-state index in [9.17, 15) is 0 Å². The SMILES string of the molecule is COC1(c2ncc(C#N)s2)CCC1. The van der Waals surface area contributed by atoms with Crippen LogP contribution in [0.3, 0.4) is 0 Å². The number of methoxy groups -OCH3 is 1. The second kappa shape index (κ2) is 3.09. The molecule has 0 aliphatic heterocycles. The van der Waals surface area contributed by atoms with Crippen molar-refractivity contribution in [2.45, 2.75) is 24.9 Å². The van der Waals surface area contributed by atoms with Gasteiger partial charge in [0.05, 0.1) is 6.20 Å². The molecule has 1 aliphatic rings. The van der Waals surface area contributed by atoms with Gasteiger partial charge in [-0.15, -0.1) is 11.3 Å². The summed E-state index contributed by atoms with van der Waals surface area (Å²) in [6.07, 6.45) is 4.87. The van der Waals surface area contributed by atoms with E-state index in [0.29, 0.717) is 4.88 Å². The monoisotopic (exact) mass is 194 g/mol. The summed E-state index contributed by atoms with van der Waals surface area (Å²) in [6.45, 7) is 0. The largest absolute Gasteiger partial charge is 0.371 e. The molecule has 0 N–H and O–H groups in total. The first-order valence-electron chi connectivity index (χ1n) is 4.22. The van der Waals surface area contributed by atoms with Gasteiger partial charge in [0.15, 0.2) is 0 Å². The van der Waals surface area contributed by atoms with Crippen molar-refractivity contribution in [1.82, 2.24) is 4.98 Å². The standard InChI is InChI=1S/C9H10N2OS/c1-12-9(3-2-4-9)8-11-6-7(5-10)13-8/h6H,2-4H2,1H3. The molecule has 0 saturated heterocycles. The van der Waals surface area contributed by atoms with Gasteiger partial charge < -0.3 is 4.74 Å². The van der Waals surface area contributed by atoms with Gasteiger partial charge in [0.1, 0.15) is 21.6 Å². The minimum absolute atomic E-state index is 0.167. The molecule has 0 unspecified atom stereocenters. The van der Waals surface area contributed by atoms with Crippen LogP contribution in [0.5, 0.6) is 0 Å². The van der Waals surface area contributed by atoms with E-state index < -0.39 is 0 Å². The molecule has 1 aromatic rings. The Bertz CT molecular complexity index is 343. The number of aromatic nitrogens is 1. The molecule has 1 saturated carbocycles. The maximum atomic E-state index is 8.66. The van der Waals surface area contributed by atoms with Crippen LogP contribution in [0, 0.1) is 11.3 Å². The van der Waals surface area contributed by atoms with E-state index in [1.165, 1.54) is 17.8 Å². The number of ether oxygens (including phenoxy) is 1. The Kier molecular flexibility index (Phi) is 2.06. The van der Waals surface area contributed by atoms with Gasteiger partial charge in [-0.1, -0.05) is 0 Å². The van der Waals surface area contributed by atoms with Crippen molar-refractivity contribution in [1.29, 1.82) is 5.26 Å². The fourth-order valence-electron chi connectivity index (χ4n) is 1.54. The minimum Gasteiger partial charge on any atom is -0.371 e. The highest BCUT2D eigenvalue weighted by Crippen LogP contribution is 2.45. The lowest BCUT2D eigenvalue weighted by Crippen LogP contribution is -2.35. The predicted octanol–water partition coefficient (Wildman–Crippen LogP) is 2.04. The summed E-state index contributed by atoms with van der Waals surface area (Å²) in [4.78, 5) is 4.89. The van der Waals surface area contributed by atoms with Crippen LogP contribution in [-0.2, 0) is 10.3 Å². The number of hydrogen-bond acceptors (Lipinski definition) is 4. The number of nitrogens with zero attached hydrogens (tertiary/aromatic N) is 2. The average Bonchev–Trinajstić information content (AvgIpc) is 2.52. The molecule has 0 aromatic carbocycles. The fourth-order valence-corrected chi connectivity index (χ4v) is 2.48. The fraction of sp³-hybridized carbons (Fsp3) is 0.556. The molecule has 13 heavy (non-hydrogen) atoms. The van der Waals surface area contributed by atoms with E-state index in [4.69, 9.17) is 10.00 Å². The highest BCUT2D eigenvalue weighted by atomic mass is 32.1. The van der Waals surface area contributed by atoms with Crippen LogP contribution in [0.1, 0.15) is 29.1 Å². The molecular weight excluding hydrogens is 184 g/mol. The third-order valence-electron chi connectivity index (χ3n) is 2.56. The average molecular weight is 194 g/mol. The van der Waals surface area contributed by atoms with Gasteiger partial charge in [0.2, 0.25) is 0 Å². The van der Waals surface area contributed by atoms with Crippen LogP contribution in [0.2, 0.25) is 0 Å². The molecule has 68 valence electrons. The van der Waals surface area contributed by atoms with E-state index in [0.717, 1.165) is 17.8 Å². The summed E-state index contributed by atoms with van der Waals surface area (Å²) < 4.78 is 5.46. The molecule has 2 rings (SSSR count). The molecule has 1 heterocycles. The quantitative estimate of drug-likeness (QED) is 0.723. The van der Waals surface area contributed by atoms with E-state index in [1.807, 2.05) is 0 Å². The molecule has 0 radical (unpaired) electrons. The van der Waals surface area contributed by atoms with E-state index >= 15 is 0 Å². The van der Waals surface area contributed by atoms with Crippen LogP contribution in [0.15, 0.2) is 6.20 Å². The summed E-state index contributed by atoms with van der Waals surface area (Å²) in [5, 5.41) is 9.62.